The smallest absolute Gasteiger partial charge is 0.322 e. The van der Waals surface area contributed by atoms with Gasteiger partial charge >= 0.3 is 6.01 Å². The number of rotatable bonds is 3. The van der Waals surface area contributed by atoms with Crippen molar-refractivity contribution < 1.29 is 9.21 Å². The number of nitrogens with zero attached hydrogens (tertiary/aromatic N) is 2. The number of halogens is 2. The molecule has 3 aromatic rings. The zero-order valence-corrected chi connectivity index (χ0v) is 14.4. The van der Waals surface area contributed by atoms with Gasteiger partial charge in [0.2, 0.25) is 0 Å². The summed E-state index contributed by atoms with van der Waals surface area (Å²) in [6.07, 6.45) is 0. The summed E-state index contributed by atoms with van der Waals surface area (Å²) in [7, 11) is 0. The van der Waals surface area contributed by atoms with Gasteiger partial charge in [0.25, 0.3) is 11.8 Å². The van der Waals surface area contributed by atoms with Crippen LogP contribution in [0.4, 0.5) is 6.01 Å². The van der Waals surface area contributed by atoms with Crippen molar-refractivity contribution >= 4 is 35.1 Å². The van der Waals surface area contributed by atoms with Crippen molar-refractivity contribution in [3.63, 3.8) is 0 Å². The van der Waals surface area contributed by atoms with Crippen LogP contribution in [0.15, 0.2) is 40.8 Å². The minimum absolute atomic E-state index is 0.000163. The lowest BCUT2D eigenvalue weighted by Crippen LogP contribution is -2.12. The molecule has 1 N–H and O–H groups in total. The molecule has 1 heterocycles. The van der Waals surface area contributed by atoms with Crippen LogP contribution in [0.1, 0.15) is 21.5 Å². The topological polar surface area (TPSA) is 68.0 Å². The van der Waals surface area contributed by atoms with Crippen molar-refractivity contribution in [1.82, 2.24) is 10.2 Å². The molecule has 5 nitrogen and oxygen atoms in total. The number of carbonyl (C=O) groups is 1. The molecular formula is C17H13Cl2N3O2. The summed E-state index contributed by atoms with van der Waals surface area (Å²) in [4.78, 5) is 12.3. The molecule has 0 saturated heterocycles. The summed E-state index contributed by atoms with van der Waals surface area (Å²) < 4.78 is 5.46. The van der Waals surface area contributed by atoms with Gasteiger partial charge in [-0.3, -0.25) is 10.1 Å². The Morgan fingerprint density at radius 3 is 2.42 bits per heavy atom. The van der Waals surface area contributed by atoms with Gasteiger partial charge in [0.15, 0.2) is 0 Å². The van der Waals surface area contributed by atoms with Gasteiger partial charge < -0.3 is 4.42 Å². The van der Waals surface area contributed by atoms with Crippen molar-refractivity contribution in [1.29, 1.82) is 0 Å². The van der Waals surface area contributed by atoms with Crippen molar-refractivity contribution in [3.05, 3.63) is 63.1 Å². The van der Waals surface area contributed by atoms with Crippen LogP contribution in [0.3, 0.4) is 0 Å². The highest BCUT2D eigenvalue weighted by molar-refractivity contribution is 6.36. The molecule has 1 amide bonds. The molecule has 0 bridgehead atoms. The van der Waals surface area contributed by atoms with Crippen LogP contribution in [-0.4, -0.2) is 16.1 Å². The summed E-state index contributed by atoms with van der Waals surface area (Å²) in [5.41, 5.74) is 3.07. The van der Waals surface area contributed by atoms with E-state index in [1.54, 1.807) is 30.3 Å². The lowest BCUT2D eigenvalue weighted by Gasteiger charge is -2.04. The number of benzene rings is 2. The molecule has 0 aliphatic carbocycles. The van der Waals surface area contributed by atoms with Crippen molar-refractivity contribution in [2.75, 3.05) is 5.32 Å². The number of aryl methyl sites for hydroxylation is 2. The van der Waals surface area contributed by atoms with E-state index < -0.39 is 0 Å². The van der Waals surface area contributed by atoms with Gasteiger partial charge in [-0.1, -0.05) is 45.5 Å². The van der Waals surface area contributed by atoms with Gasteiger partial charge in [0.05, 0.1) is 10.6 Å². The Morgan fingerprint density at radius 1 is 1.04 bits per heavy atom. The molecule has 1 aromatic heterocycles. The Morgan fingerprint density at radius 2 is 1.75 bits per heavy atom. The Hall–Kier alpha value is -2.37. The molecule has 0 aliphatic heterocycles. The van der Waals surface area contributed by atoms with Crippen LogP contribution in [0.2, 0.25) is 10.0 Å². The Kier molecular flexibility index (Phi) is 4.55. The zero-order valence-electron chi connectivity index (χ0n) is 12.9. The second-order valence-corrected chi connectivity index (χ2v) is 6.21. The lowest BCUT2D eigenvalue weighted by atomic mass is 10.1. The van der Waals surface area contributed by atoms with Crippen molar-refractivity contribution in [2.45, 2.75) is 13.8 Å². The van der Waals surface area contributed by atoms with E-state index in [0.717, 1.165) is 11.1 Å². The third kappa shape index (κ3) is 3.58. The molecule has 0 atom stereocenters. The van der Waals surface area contributed by atoms with Gasteiger partial charge in [-0.05, 0) is 44.2 Å². The van der Waals surface area contributed by atoms with Gasteiger partial charge in [0, 0.05) is 10.6 Å². The molecule has 0 radical (unpaired) electrons. The number of nitrogens with one attached hydrogen (secondary N) is 1. The van der Waals surface area contributed by atoms with E-state index in [0.29, 0.717) is 21.2 Å². The first-order valence-corrected chi connectivity index (χ1v) is 7.86. The molecule has 0 saturated carbocycles. The molecule has 0 fully saturated rings. The third-order valence-electron chi connectivity index (χ3n) is 3.29. The minimum atomic E-state index is -0.320. The maximum absolute atomic E-state index is 12.3. The average molecular weight is 362 g/mol. The van der Waals surface area contributed by atoms with E-state index in [-0.39, 0.29) is 17.8 Å². The number of anilines is 1. The molecule has 0 unspecified atom stereocenters. The van der Waals surface area contributed by atoms with E-state index in [4.69, 9.17) is 27.6 Å². The average Bonchev–Trinajstić information content (AvgIpc) is 2.94. The summed E-state index contributed by atoms with van der Waals surface area (Å²) in [6, 6.07) is 10.5. The SMILES string of the molecule is Cc1cc(C)cc(C(=O)Nc2nnc(-c3ccc(Cl)cc3Cl)o2)c1. The fourth-order valence-electron chi connectivity index (χ4n) is 2.32. The molecule has 2 aromatic carbocycles. The third-order valence-corrected chi connectivity index (χ3v) is 3.84. The van der Waals surface area contributed by atoms with E-state index in [9.17, 15) is 4.79 Å². The molecular weight excluding hydrogens is 349 g/mol. The second-order valence-electron chi connectivity index (χ2n) is 5.37. The van der Waals surface area contributed by atoms with Gasteiger partial charge in [-0.15, -0.1) is 5.10 Å². The van der Waals surface area contributed by atoms with Crippen LogP contribution in [-0.2, 0) is 0 Å². The number of hydrogen-bond donors (Lipinski definition) is 1. The molecule has 122 valence electrons. The molecule has 24 heavy (non-hydrogen) atoms. The first-order chi connectivity index (χ1) is 11.4. The molecule has 0 spiro atoms. The summed E-state index contributed by atoms with van der Waals surface area (Å²) in [5.74, 6) is -0.119. The minimum Gasteiger partial charge on any atom is -0.403 e. The first kappa shape index (κ1) is 16.5. The highest BCUT2D eigenvalue weighted by Gasteiger charge is 2.15. The second kappa shape index (κ2) is 6.63. The van der Waals surface area contributed by atoms with Crippen LogP contribution in [0, 0.1) is 13.8 Å². The van der Waals surface area contributed by atoms with Gasteiger partial charge in [-0.2, -0.15) is 0 Å². The largest absolute Gasteiger partial charge is 0.403 e. The normalized spacial score (nSPS) is 10.7. The van der Waals surface area contributed by atoms with Crippen LogP contribution in [0.25, 0.3) is 11.5 Å². The summed E-state index contributed by atoms with van der Waals surface area (Å²) in [6.45, 7) is 3.86. The Labute approximate surface area is 148 Å². The fourth-order valence-corrected chi connectivity index (χ4v) is 2.81. The van der Waals surface area contributed by atoms with Crippen LogP contribution < -0.4 is 5.32 Å². The van der Waals surface area contributed by atoms with E-state index in [1.807, 2.05) is 19.9 Å². The predicted octanol–water partition coefficient (Wildman–Crippen LogP) is 4.91. The molecule has 0 aliphatic rings. The van der Waals surface area contributed by atoms with Crippen LogP contribution in [0.5, 0.6) is 0 Å². The predicted molar refractivity (Wildman–Crippen MR) is 93.6 cm³/mol. The Balaban J connectivity index is 1.82. The fraction of sp³-hybridized carbons (Fsp3) is 0.118. The highest BCUT2D eigenvalue weighted by atomic mass is 35.5. The molecule has 3 rings (SSSR count). The van der Waals surface area contributed by atoms with E-state index in [2.05, 4.69) is 15.5 Å². The molecule has 7 heteroatoms. The van der Waals surface area contributed by atoms with Crippen molar-refractivity contribution in [3.8, 4) is 11.5 Å². The Bertz CT molecular complexity index is 902. The number of amides is 1. The highest BCUT2D eigenvalue weighted by Crippen LogP contribution is 2.30. The number of hydrogen-bond acceptors (Lipinski definition) is 4. The first-order valence-electron chi connectivity index (χ1n) is 7.11. The standard InChI is InChI=1S/C17H13Cl2N3O2/c1-9-5-10(2)7-11(6-9)15(23)20-17-22-21-16(24-17)13-4-3-12(18)8-14(13)19/h3-8H,1-2H3,(H,20,22,23). The van der Waals surface area contributed by atoms with E-state index in [1.165, 1.54) is 0 Å². The quantitative estimate of drug-likeness (QED) is 0.719. The number of carbonyl (C=O) groups excluding carboxylic acids is 1. The maximum Gasteiger partial charge on any atom is 0.322 e. The number of aromatic nitrogens is 2. The van der Waals surface area contributed by atoms with Gasteiger partial charge in [-0.25, -0.2) is 0 Å². The summed E-state index contributed by atoms with van der Waals surface area (Å²) >= 11 is 12.0. The van der Waals surface area contributed by atoms with Crippen molar-refractivity contribution in [2.24, 2.45) is 0 Å². The monoisotopic (exact) mass is 361 g/mol. The lowest BCUT2D eigenvalue weighted by molar-refractivity contribution is 0.102. The summed E-state index contributed by atoms with van der Waals surface area (Å²) in [5, 5.41) is 11.2. The van der Waals surface area contributed by atoms with Crippen LogP contribution >= 0.6 is 23.2 Å². The maximum atomic E-state index is 12.3. The van der Waals surface area contributed by atoms with E-state index >= 15 is 0 Å². The van der Waals surface area contributed by atoms with Gasteiger partial charge in [0.1, 0.15) is 0 Å². The zero-order chi connectivity index (χ0) is 17.3.